The van der Waals surface area contributed by atoms with E-state index in [1.54, 1.807) is 30.6 Å². The highest BCUT2D eigenvalue weighted by Gasteiger charge is 2.36. The van der Waals surface area contributed by atoms with Crippen LogP contribution in [0, 0.1) is 5.92 Å². The summed E-state index contributed by atoms with van der Waals surface area (Å²) >= 11 is 0. The minimum Gasteiger partial charge on any atom is -0.461 e. The van der Waals surface area contributed by atoms with Gasteiger partial charge in [-0.05, 0) is 36.6 Å². The number of hydrogen-bond donors (Lipinski definition) is 0. The molecule has 3 heterocycles. The summed E-state index contributed by atoms with van der Waals surface area (Å²) in [5, 5.41) is 0. The zero-order valence-electron chi connectivity index (χ0n) is 14.3. The fourth-order valence-corrected chi connectivity index (χ4v) is 3.22. The van der Waals surface area contributed by atoms with Crippen molar-refractivity contribution in [1.29, 1.82) is 0 Å². The van der Waals surface area contributed by atoms with Crippen LogP contribution in [0.25, 0.3) is 6.08 Å². The summed E-state index contributed by atoms with van der Waals surface area (Å²) in [6.07, 6.45) is 8.05. The molecule has 2 atom stereocenters. The van der Waals surface area contributed by atoms with E-state index in [-0.39, 0.29) is 5.91 Å². The molecule has 4 rings (SSSR count). The first-order valence-electron chi connectivity index (χ1n) is 8.79. The molecular weight excluding hydrogens is 316 g/mol. The van der Waals surface area contributed by atoms with Gasteiger partial charge in [-0.3, -0.25) is 4.79 Å². The molecule has 0 spiro atoms. The fourth-order valence-electron chi connectivity index (χ4n) is 3.22. The number of anilines is 1. The number of carbonyl (C=O) groups is 1. The van der Waals surface area contributed by atoms with Gasteiger partial charge in [0.05, 0.1) is 0 Å². The Morgan fingerprint density at radius 3 is 2.60 bits per heavy atom. The van der Waals surface area contributed by atoms with Gasteiger partial charge in [0.2, 0.25) is 11.9 Å². The molecule has 25 heavy (non-hydrogen) atoms. The second-order valence-electron chi connectivity index (χ2n) is 6.75. The van der Waals surface area contributed by atoms with E-state index >= 15 is 0 Å². The molecule has 0 bridgehead atoms. The molecule has 0 N–H and O–H groups in total. The van der Waals surface area contributed by atoms with Crippen LogP contribution in [0.2, 0.25) is 0 Å². The Balaban J connectivity index is 1.31. The third-order valence-electron chi connectivity index (χ3n) is 4.94. The van der Waals surface area contributed by atoms with Gasteiger partial charge >= 0.3 is 0 Å². The van der Waals surface area contributed by atoms with Gasteiger partial charge in [0, 0.05) is 50.6 Å². The van der Waals surface area contributed by atoms with E-state index in [1.807, 2.05) is 17.0 Å². The van der Waals surface area contributed by atoms with Crippen molar-refractivity contribution in [2.24, 2.45) is 5.92 Å². The Kier molecular flexibility index (Phi) is 4.26. The Hall–Kier alpha value is -2.63. The molecule has 0 radical (unpaired) electrons. The molecule has 2 unspecified atom stereocenters. The molecule has 1 amide bonds. The molecule has 1 aliphatic heterocycles. The van der Waals surface area contributed by atoms with E-state index in [9.17, 15) is 4.79 Å². The van der Waals surface area contributed by atoms with Gasteiger partial charge in [-0.25, -0.2) is 9.97 Å². The Bertz CT molecular complexity index is 763. The first-order chi connectivity index (χ1) is 12.2. The Morgan fingerprint density at radius 1 is 1.20 bits per heavy atom. The third kappa shape index (κ3) is 3.57. The molecule has 1 saturated carbocycles. The number of hydrogen-bond acceptors (Lipinski definition) is 5. The second kappa shape index (κ2) is 6.70. The lowest BCUT2D eigenvalue weighted by Crippen LogP contribution is -2.48. The molecule has 0 aromatic carbocycles. The van der Waals surface area contributed by atoms with E-state index in [1.165, 1.54) is 6.42 Å². The normalized spacial score (nSPS) is 23.2. The number of piperazine rings is 1. The highest BCUT2D eigenvalue weighted by atomic mass is 16.3. The van der Waals surface area contributed by atoms with Crippen LogP contribution < -0.4 is 4.90 Å². The van der Waals surface area contributed by atoms with Crippen molar-refractivity contribution in [3.63, 3.8) is 0 Å². The third-order valence-corrected chi connectivity index (χ3v) is 4.94. The van der Waals surface area contributed by atoms with Crippen LogP contribution >= 0.6 is 0 Å². The maximum atomic E-state index is 12.4. The lowest BCUT2D eigenvalue weighted by Gasteiger charge is -2.34. The fraction of sp³-hybridized carbons (Fsp3) is 0.421. The van der Waals surface area contributed by atoms with Crippen LogP contribution in [0.1, 0.15) is 30.8 Å². The molecule has 2 fully saturated rings. The number of furan rings is 1. The lowest BCUT2D eigenvalue weighted by molar-refractivity contribution is -0.126. The number of rotatable bonds is 4. The SMILES string of the molecule is CC1CC1c1ccc(/C=C/C(=O)N2CCN(c3ncccn3)CC2)o1. The largest absolute Gasteiger partial charge is 0.461 e. The van der Waals surface area contributed by atoms with Crippen molar-refractivity contribution in [2.45, 2.75) is 19.3 Å². The number of nitrogens with zero attached hydrogens (tertiary/aromatic N) is 4. The lowest BCUT2D eigenvalue weighted by atomic mass is 10.2. The Morgan fingerprint density at radius 2 is 1.92 bits per heavy atom. The monoisotopic (exact) mass is 338 g/mol. The van der Waals surface area contributed by atoms with E-state index in [2.05, 4.69) is 21.8 Å². The standard InChI is InChI=1S/C19H22N4O2/c1-14-13-16(14)17-5-3-15(25-17)4-6-18(24)22-9-11-23(12-10-22)19-20-7-2-8-21-19/h2-8,14,16H,9-13H2,1H3/b6-4+. The molecule has 130 valence electrons. The van der Waals surface area contributed by atoms with Crippen molar-refractivity contribution >= 4 is 17.9 Å². The first kappa shape index (κ1) is 15.9. The smallest absolute Gasteiger partial charge is 0.246 e. The van der Waals surface area contributed by atoms with Crippen LogP contribution in [-0.2, 0) is 4.79 Å². The highest BCUT2D eigenvalue weighted by molar-refractivity contribution is 5.91. The predicted molar refractivity (Wildman–Crippen MR) is 95.1 cm³/mol. The summed E-state index contributed by atoms with van der Waals surface area (Å²) in [7, 11) is 0. The molecule has 2 aromatic heterocycles. The van der Waals surface area contributed by atoms with Crippen LogP contribution in [0.4, 0.5) is 5.95 Å². The van der Waals surface area contributed by atoms with Gasteiger partial charge in [0.25, 0.3) is 0 Å². The maximum absolute atomic E-state index is 12.4. The summed E-state index contributed by atoms with van der Waals surface area (Å²) in [6, 6.07) is 5.77. The summed E-state index contributed by atoms with van der Waals surface area (Å²) in [5.41, 5.74) is 0. The molecule has 2 aliphatic rings. The summed E-state index contributed by atoms with van der Waals surface area (Å²) < 4.78 is 5.81. The van der Waals surface area contributed by atoms with Gasteiger partial charge in [0.1, 0.15) is 11.5 Å². The Labute approximate surface area is 147 Å². The topological polar surface area (TPSA) is 62.5 Å². The molecule has 2 aromatic rings. The number of aromatic nitrogens is 2. The molecule has 1 aliphatic carbocycles. The van der Waals surface area contributed by atoms with Gasteiger partial charge in [-0.15, -0.1) is 0 Å². The average molecular weight is 338 g/mol. The van der Waals surface area contributed by atoms with Crippen LogP contribution in [0.5, 0.6) is 0 Å². The van der Waals surface area contributed by atoms with Crippen LogP contribution in [-0.4, -0.2) is 47.0 Å². The second-order valence-corrected chi connectivity index (χ2v) is 6.75. The first-order valence-corrected chi connectivity index (χ1v) is 8.79. The van der Waals surface area contributed by atoms with Crippen molar-refractivity contribution < 1.29 is 9.21 Å². The highest BCUT2D eigenvalue weighted by Crippen LogP contribution is 2.47. The molecule has 6 heteroatoms. The van der Waals surface area contributed by atoms with Crippen molar-refractivity contribution in [2.75, 3.05) is 31.1 Å². The van der Waals surface area contributed by atoms with Gasteiger partial charge in [0.15, 0.2) is 0 Å². The van der Waals surface area contributed by atoms with E-state index in [0.717, 1.165) is 36.5 Å². The molecule has 1 saturated heterocycles. The molecule has 6 nitrogen and oxygen atoms in total. The maximum Gasteiger partial charge on any atom is 0.246 e. The predicted octanol–water partition coefficient (Wildman–Crippen LogP) is 2.56. The molecular formula is C19H22N4O2. The summed E-state index contributed by atoms with van der Waals surface area (Å²) in [5.74, 6) is 3.81. The van der Waals surface area contributed by atoms with E-state index in [4.69, 9.17) is 4.42 Å². The summed E-state index contributed by atoms with van der Waals surface area (Å²) in [6.45, 7) is 5.06. The van der Waals surface area contributed by atoms with Gasteiger partial charge in [-0.2, -0.15) is 0 Å². The zero-order valence-corrected chi connectivity index (χ0v) is 14.3. The quantitative estimate of drug-likeness (QED) is 0.802. The van der Waals surface area contributed by atoms with Crippen LogP contribution in [0.15, 0.2) is 41.1 Å². The van der Waals surface area contributed by atoms with Gasteiger partial charge in [-0.1, -0.05) is 6.92 Å². The zero-order chi connectivity index (χ0) is 17.2. The number of carbonyl (C=O) groups excluding carboxylic acids is 1. The van der Waals surface area contributed by atoms with Crippen molar-refractivity contribution in [3.05, 3.63) is 48.2 Å². The van der Waals surface area contributed by atoms with Crippen molar-refractivity contribution in [3.8, 4) is 0 Å². The minimum atomic E-state index is 0.0198. The van der Waals surface area contributed by atoms with Gasteiger partial charge < -0.3 is 14.2 Å². The van der Waals surface area contributed by atoms with Crippen LogP contribution in [0.3, 0.4) is 0 Å². The average Bonchev–Trinajstić information content (AvgIpc) is 3.20. The minimum absolute atomic E-state index is 0.0198. The number of amides is 1. The van der Waals surface area contributed by atoms with E-state index < -0.39 is 0 Å². The van der Waals surface area contributed by atoms with Crippen molar-refractivity contribution in [1.82, 2.24) is 14.9 Å². The van der Waals surface area contributed by atoms with E-state index in [0.29, 0.717) is 19.0 Å². The summed E-state index contributed by atoms with van der Waals surface area (Å²) in [4.78, 5) is 24.8.